The Labute approximate surface area is 121 Å². The number of rotatable bonds is 2. The highest BCUT2D eigenvalue weighted by Crippen LogP contribution is 2.27. The summed E-state index contributed by atoms with van der Waals surface area (Å²) in [6.07, 6.45) is 0. The Morgan fingerprint density at radius 3 is 2.67 bits per heavy atom. The molecule has 0 saturated carbocycles. The quantitative estimate of drug-likeness (QED) is 0.734. The van der Waals surface area contributed by atoms with Crippen LogP contribution in [0.5, 0.6) is 0 Å². The minimum Gasteiger partial charge on any atom is -0.398 e. The van der Waals surface area contributed by atoms with E-state index in [1.807, 2.05) is 32.0 Å². The Balaban J connectivity index is 2.19. The highest BCUT2D eigenvalue weighted by molar-refractivity contribution is 5.72. The Hall–Kier alpha value is -2.76. The molecule has 3 aromatic rings. The number of aryl methyl sites for hydroxylation is 2. The summed E-state index contributed by atoms with van der Waals surface area (Å²) in [7, 11) is 0. The standard InChI is InChI=1S/C15H14FN5/c1-9-3-4-10(2)14(7-9)21-15(18-19-20-21)12-6-5-11(16)8-13(12)17/h3-8H,17H2,1-2H3. The second-order valence-corrected chi connectivity index (χ2v) is 4.94. The summed E-state index contributed by atoms with van der Waals surface area (Å²) in [5.41, 5.74) is 9.79. The topological polar surface area (TPSA) is 69.6 Å². The van der Waals surface area contributed by atoms with Crippen LogP contribution in [0.1, 0.15) is 11.1 Å². The summed E-state index contributed by atoms with van der Waals surface area (Å²) < 4.78 is 14.8. The molecule has 0 unspecified atom stereocenters. The Bertz CT molecular complexity index is 810. The summed E-state index contributed by atoms with van der Waals surface area (Å²) in [6.45, 7) is 3.98. The van der Waals surface area contributed by atoms with Crippen molar-refractivity contribution in [1.29, 1.82) is 0 Å². The molecule has 1 aromatic heterocycles. The normalized spacial score (nSPS) is 10.8. The molecule has 0 spiro atoms. The molecule has 0 atom stereocenters. The van der Waals surface area contributed by atoms with Crippen molar-refractivity contribution in [2.75, 3.05) is 5.73 Å². The van der Waals surface area contributed by atoms with Gasteiger partial charge in [-0.05, 0) is 59.7 Å². The lowest BCUT2D eigenvalue weighted by atomic mass is 10.1. The molecule has 2 N–H and O–H groups in total. The third-order valence-electron chi connectivity index (χ3n) is 3.32. The largest absolute Gasteiger partial charge is 0.398 e. The van der Waals surface area contributed by atoms with Crippen LogP contribution in [0.25, 0.3) is 17.1 Å². The van der Waals surface area contributed by atoms with Crippen molar-refractivity contribution in [3.05, 3.63) is 53.3 Å². The van der Waals surface area contributed by atoms with E-state index in [0.29, 0.717) is 17.1 Å². The van der Waals surface area contributed by atoms with E-state index in [1.54, 1.807) is 10.7 Å². The van der Waals surface area contributed by atoms with Gasteiger partial charge in [0.15, 0.2) is 5.82 Å². The third-order valence-corrected chi connectivity index (χ3v) is 3.32. The van der Waals surface area contributed by atoms with Gasteiger partial charge < -0.3 is 5.73 Å². The average Bonchev–Trinajstić information content (AvgIpc) is 2.90. The van der Waals surface area contributed by atoms with Gasteiger partial charge in [0.05, 0.1) is 5.69 Å². The number of nitrogens with zero attached hydrogens (tertiary/aromatic N) is 4. The molecule has 0 aliphatic rings. The number of aromatic nitrogens is 4. The molecule has 2 aromatic carbocycles. The lowest BCUT2D eigenvalue weighted by molar-refractivity contribution is 0.628. The fourth-order valence-corrected chi connectivity index (χ4v) is 2.20. The number of nitrogens with two attached hydrogens (primary N) is 1. The first-order valence-electron chi connectivity index (χ1n) is 6.47. The molecule has 1 heterocycles. The summed E-state index contributed by atoms with van der Waals surface area (Å²) in [5, 5.41) is 11.8. The van der Waals surface area contributed by atoms with Crippen LogP contribution in [-0.4, -0.2) is 20.2 Å². The second kappa shape index (κ2) is 4.97. The van der Waals surface area contributed by atoms with Crippen molar-refractivity contribution in [2.45, 2.75) is 13.8 Å². The summed E-state index contributed by atoms with van der Waals surface area (Å²) in [5.74, 6) is 0.100. The van der Waals surface area contributed by atoms with Crippen LogP contribution >= 0.6 is 0 Å². The zero-order valence-corrected chi connectivity index (χ0v) is 11.7. The molecule has 0 amide bonds. The summed E-state index contributed by atoms with van der Waals surface area (Å²) >= 11 is 0. The number of anilines is 1. The molecule has 0 aliphatic carbocycles. The molecule has 0 aliphatic heterocycles. The van der Waals surface area contributed by atoms with Crippen molar-refractivity contribution in [3.63, 3.8) is 0 Å². The molecule has 0 bridgehead atoms. The number of hydrogen-bond donors (Lipinski definition) is 1. The highest BCUT2D eigenvalue weighted by Gasteiger charge is 2.15. The van der Waals surface area contributed by atoms with Gasteiger partial charge in [0.1, 0.15) is 5.82 Å². The average molecular weight is 283 g/mol. The summed E-state index contributed by atoms with van der Waals surface area (Å²) in [6, 6.07) is 10.2. The predicted molar refractivity (Wildman–Crippen MR) is 78.4 cm³/mol. The Morgan fingerprint density at radius 1 is 1.10 bits per heavy atom. The van der Waals surface area contributed by atoms with E-state index >= 15 is 0 Å². The number of tetrazole rings is 1. The smallest absolute Gasteiger partial charge is 0.189 e. The molecule has 6 heteroatoms. The first-order chi connectivity index (χ1) is 10.1. The van der Waals surface area contributed by atoms with Crippen LogP contribution in [0.2, 0.25) is 0 Å². The van der Waals surface area contributed by atoms with E-state index in [2.05, 4.69) is 15.5 Å². The fourth-order valence-electron chi connectivity index (χ4n) is 2.20. The van der Waals surface area contributed by atoms with Gasteiger partial charge in [-0.15, -0.1) is 5.10 Å². The zero-order valence-electron chi connectivity index (χ0n) is 11.7. The fraction of sp³-hybridized carbons (Fsp3) is 0.133. The maximum Gasteiger partial charge on any atom is 0.189 e. The SMILES string of the molecule is Cc1ccc(C)c(-n2nnnc2-c2ccc(F)cc2N)c1. The van der Waals surface area contributed by atoms with Crippen LogP contribution in [0, 0.1) is 19.7 Å². The number of halogens is 1. The van der Waals surface area contributed by atoms with Crippen LogP contribution < -0.4 is 5.73 Å². The Kier molecular flexibility index (Phi) is 3.13. The van der Waals surface area contributed by atoms with Gasteiger partial charge in [0.25, 0.3) is 0 Å². The maximum absolute atomic E-state index is 13.2. The summed E-state index contributed by atoms with van der Waals surface area (Å²) in [4.78, 5) is 0. The minimum atomic E-state index is -0.387. The van der Waals surface area contributed by atoms with Crippen LogP contribution in [-0.2, 0) is 0 Å². The van der Waals surface area contributed by atoms with E-state index in [4.69, 9.17) is 5.73 Å². The highest BCUT2D eigenvalue weighted by atomic mass is 19.1. The van der Waals surface area contributed by atoms with Crippen molar-refractivity contribution < 1.29 is 4.39 Å². The van der Waals surface area contributed by atoms with Gasteiger partial charge in [-0.25, -0.2) is 4.39 Å². The molecule has 0 fully saturated rings. The van der Waals surface area contributed by atoms with Crippen LogP contribution in [0.15, 0.2) is 36.4 Å². The van der Waals surface area contributed by atoms with E-state index < -0.39 is 0 Å². The number of benzene rings is 2. The van der Waals surface area contributed by atoms with E-state index in [9.17, 15) is 4.39 Å². The lowest BCUT2D eigenvalue weighted by Crippen LogP contribution is -2.04. The third kappa shape index (κ3) is 2.35. The van der Waals surface area contributed by atoms with Gasteiger partial charge >= 0.3 is 0 Å². The minimum absolute atomic E-state index is 0.302. The van der Waals surface area contributed by atoms with Crippen molar-refractivity contribution in [3.8, 4) is 17.1 Å². The van der Waals surface area contributed by atoms with Gasteiger partial charge in [0.2, 0.25) is 0 Å². The van der Waals surface area contributed by atoms with Crippen molar-refractivity contribution >= 4 is 5.69 Å². The lowest BCUT2D eigenvalue weighted by Gasteiger charge is -2.10. The van der Waals surface area contributed by atoms with Gasteiger partial charge in [-0.1, -0.05) is 12.1 Å². The molecule has 0 radical (unpaired) electrons. The first kappa shape index (κ1) is 13.2. The van der Waals surface area contributed by atoms with E-state index in [0.717, 1.165) is 16.8 Å². The predicted octanol–water partition coefficient (Wildman–Crippen LogP) is 2.67. The molecule has 21 heavy (non-hydrogen) atoms. The molecule has 5 nitrogen and oxygen atoms in total. The first-order valence-corrected chi connectivity index (χ1v) is 6.47. The van der Waals surface area contributed by atoms with Crippen molar-refractivity contribution in [2.24, 2.45) is 0 Å². The molecule has 3 rings (SSSR count). The maximum atomic E-state index is 13.2. The second-order valence-electron chi connectivity index (χ2n) is 4.94. The van der Waals surface area contributed by atoms with Gasteiger partial charge in [-0.2, -0.15) is 4.68 Å². The molecular formula is C15H14FN5. The van der Waals surface area contributed by atoms with Gasteiger partial charge in [-0.3, -0.25) is 0 Å². The number of nitrogen functional groups attached to an aromatic ring is 1. The van der Waals surface area contributed by atoms with E-state index in [-0.39, 0.29) is 5.82 Å². The zero-order chi connectivity index (χ0) is 15.0. The van der Waals surface area contributed by atoms with Crippen LogP contribution in [0.4, 0.5) is 10.1 Å². The van der Waals surface area contributed by atoms with Crippen LogP contribution in [0.3, 0.4) is 0 Å². The molecule has 0 saturated heterocycles. The molecule has 106 valence electrons. The van der Waals surface area contributed by atoms with E-state index in [1.165, 1.54) is 12.1 Å². The number of hydrogen-bond acceptors (Lipinski definition) is 4. The molecular weight excluding hydrogens is 269 g/mol. The van der Waals surface area contributed by atoms with Crippen molar-refractivity contribution in [1.82, 2.24) is 20.2 Å². The Morgan fingerprint density at radius 2 is 1.90 bits per heavy atom. The van der Waals surface area contributed by atoms with Gasteiger partial charge in [0, 0.05) is 11.3 Å². The monoisotopic (exact) mass is 283 g/mol.